The molecule has 0 heterocycles. The van der Waals surface area contributed by atoms with Gasteiger partial charge >= 0.3 is 0 Å². The van der Waals surface area contributed by atoms with Gasteiger partial charge in [-0.05, 0) is 42.7 Å². The molecule has 2 aromatic carbocycles. The van der Waals surface area contributed by atoms with Crippen molar-refractivity contribution in [2.24, 2.45) is 5.73 Å². The summed E-state index contributed by atoms with van der Waals surface area (Å²) in [6, 6.07) is 11.0. The van der Waals surface area contributed by atoms with Crippen molar-refractivity contribution < 1.29 is 28.7 Å². The Morgan fingerprint density at radius 3 is 2.35 bits per heavy atom. The van der Waals surface area contributed by atoms with Crippen molar-refractivity contribution >= 4 is 17.5 Å². The summed E-state index contributed by atoms with van der Waals surface area (Å²) in [5, 5.41) is 10.8. The Labute approximate surface area is 197 Å². The number of hydrogen-bond donors (Lipinski definition) is 1. The zero-order valence-electron chi connectivity index (χ0n) is 19.1. The SMILES string of the molecule is COc1cc(CN(C(=O)COc2ccc([N+](=O)[O-])cc2)C2CCCCC2)ccc1OCC(N)=O. The molecular weight excluding hydrogens is 442 g/mol. The number of nitrogens with zero attached hydrogens (tertiary/aromatic N) is 2. The van der Waals surface area contributed by atoms with Crippen LogP contribution in [-0.4, -0.2) is 48.0 Å². The summed E-state index contributed by atoms with van der Waals surface area (Å²) in [6.45, 7) is -0.0762. The first-order valence-corrected chi connectivity index (χ1v) is 11.1. The third-order valence-corrected chi connectivity index (χ3v) is 5.70. The molecule has 2 aromatic rings. The van der Waals surface area contributed by atoms with Crippen molar-refractivity contribution in [1.29, 1.82) is 0 Å². The van der Waals surface area contributed by atoms with Crippen LogP contribution in [0.3, 0.4) is 0 Å². The number of nitro groups is 1. The number of ether oxygens (including phenoxy) is 3. The molecule has 0 aromatic heterocycles. The van der Waals surface area contributed by atoms with E-state index in [1.54, 1.807) is 12.1 Å². The molecule has 1 saturated carbocycles. The number of rotatable bonds is 11. The zero-order chi connectivity index (χ0) is 24.5. The van der Waals surface area contributed by atoms with Crippen LogP contribution in [0.25, 0.3) is 0 Å². The lowest BCUT2D eigenvalue weighted by Crippen LogP contribution is -2.43. The van der Waals surface area contributed by atoms with Crippen molar-refractivity contribution in [3.63, 3.8) is 0 Å². The molecule has 0 spiro atoms. The number of primary amides is 1. The van der Waals surface area contributed by atoms with Crippen LogP contribution in [0.15, 0.2) is 42.5 Å². The summed E-state index contributed by atoms with van der Waals surface area (Å²) < 4.78 is 16.4. The van der Waals surface area contributed by atoms with Gasteiger partial charge in [-0.2, -0.15) is 0 Å². The molecule has 0 saturated heterocycles. The van der Waals surface area contributed by atoms with E-state index < -0.39 is 10.8 Å². The monoisotopic (exact) mass is 471 g/mol. The molecule has 0 radical (unpaired) electrons. The fourth-order valence-electron chi connectivity index (χ4n) is 3.98. The molecule has 2 N–H and O–H groups in total. The van der Waals surface area contributed by atoms with Gasteiger partial charge in [-0.1, -0.05) is 25.3 Å². The van der Waals surface area contributed by atoms with E-state index in [-0.39, 0.29) is 30.9 Å². The maximum absolute atomic E-state index is 13.2. The molecule has 10 heteroatoms. The van der Waals surface area contributed by atoms with Crippen molar-refractivity contribution in [2.75, 3.05) is 20.3 Å². The topological polar surface area (TPSA) is 134 Å². The highest BCUT2D eigenvalue weighted by Gasteiger charge is 2.26. The minimum absolute atomic E-state index is 0.0419. The molecular formula is C24H29N3O7. The number of hydrogen-bond acceptors (Lipinski definition) is 7. The van der Waals surface area contributed by atoms with Gasteiger partial charge < -0.3 is 24.8 Å². The van der Waals surface area contributed by atoms with Gasteiger partial charge in [0, 0.05) is 24.7 Å². The number of non-ortho nitro benzene ring substituents is 1. The molecule has 0 unspecified atom stereocenters. The van der Waals surface area contributed by atoms with Gasteiger partial charge in [-0.3, -0.25) is 19.7 Å². The molecule has 1 fully saturated rings. The Bertz CT molecular complexity index is 1000. The molecule has 1 aliphatic rings. The molecule has 0 bridgehead atoms. The zero-order valence-corrected chi connectivity index (χ0v) is 19.1. The second-order valence-electron chi connectivity index (χ2n) is 8.09. The van der Waals surface area contributed by atoms with Crippen LogP contribution in [0.2, 0.25) is 0 Å². The summed E-state index contributed by atoms with van der Waals surface area (Å²) in [5.41, 5.74) is 5.95. The minimum Gasteiger partial charge on any atom is -0.493 e. The van der Waals surface area contributed by atoms with E-state index in [1.807, 2.05) is 11.0 Å². The van der Waals surface area contributed by atoms with Crippen LogP contribution in [-0.2, 0) is 16.1 Å². The Kier molecular flexibility index (Phi) is 8.66. The van der Waals surface area contributed by atoms with E-state index >= 15 is 0 Å². The predicted molar refractivity (Wildman–Crippen MR) is 124 cm³/mol. The summed E-state index contributed by atoms with van der Waals surface area (Å²) in [7, 11) is 1.50. The van der Waals surface area contributed by atoms with E-state index in [0.717, 1.165) is 37.7 Å². The molecule has 0 aliphatic heterocycles. The highest BCUT2D eigenvalue weighted by molar-refractivity contribution is 5.78. The number of carbonyl (C=O) groups excluding carboxylic acids is 2. The van der Waals surface area contributed by atoms with Crippen LogP contribution in [0.5, 0.6) is 17.2 Å². The number of amides is 2. The van der Waals surface area contributed by atoms with E-state index in [2.05, 4.69) is 0 Å². The average Bonchev–Trinajstić information content (AvgIpc) is 2.85. The third-order valence-electron chi connectivity index (χ3n) is 5.70. The Hall–Kier alpha value is -3.82. The Morgan fingerprint density at radius 1 is 1.03 bits per heavy atom. The summed E-state index contributed by atoms with van der Waals surface area (Å²) in [6.07, 6.45) is 5.10. The highest BCUT2D eigenvalue weighted by atomic mass is 16.6. The van der Waals surface area contributed by atoms with Gasteiger partial charge in [0.05, 0.1) is 12.0 Å². The summed E-state index contributed by atoms with van der Waals surface area (Å²) in [4.78, 5) is 36.3. The Balaban J connectivity index is 1.72. The smallest absolute Gasteiger partial charge is 0.269 e. The van der Waals surface area contributed by atoms with Crippen LogP contribution in [0.4, 0.5) is 5.69 Å². The molecule has 182 valence electrons. The number of methoxy groups -OCH3 is 1. The molecule has 3 rings (SSSR count). The molecule has 34 heavy (non-hydrogen) atoms. The fraction of sp³-hybridized carbons (Fsp3) is 0.417. The second kappa shape index (κ2) is 11.9. The predicted octanol–water partition coefficient (Wildman–Crippen LogP) is 3.21. The van der Waals surface area contributed by atoms with Crippen LogP contribution >= 0.6 is 0 Å². The van der Waals surface area contributed by atoms with E-state index in [9.17, 15) is 19.7 Å². The average molecular weight is 472 g/mol. The third kappa shape index (κ3) is 6.84. The van der Waals surface area contributed by atoms with Crippen molar-refractivity contribution in [3.8, 4) is 17.2 Å². The fourth-order valence-corrected chi connectivity index (χ4v) is 3.98. The normalized spacial score (nSPS) is 13.7. The summed E-state index contributed by atoms with van der Waals surface area (Å²) >= 11 is 0. The van der Waals surface area contributed by atoms with Gasteiger partial charge in [0.15, 0.2) is 24.7 Å². The largest absolute Gasteiger partial charge is 0.493 e. The summed E-state index contributed by atoms with van der Waals surface area (Å²) in [5.74, 6) is 0.464. The van der Waals surface area contributed by atoms with Crippen LogP contribution < -0.4 is 19.9 Å². The lowest BCUT2D eigenvalue weighted by Gasteiger charge is -2.34. The van der Waals surface area contributed by atoms with E-state index in [1.165, 1.54) is 31.4 Å². The molecule has 1 aliphatic carbocycles. The molecule has 10 nitrogen and oxygen atoms in total. The van der Waals surface area contributed by atoms with Crippen molar-refractivity contribution in [3.05, 3.63) is 58.1 Å². The first kappa shape index (κ1) is 24.8. The first-order valence-electron chi connectivity index (χ1n) is 11.1. The van der Waals surface area contributed by atoms with Crippen molar-refractivity contribution in [2.45, 2.75) is 44.7 Å². The van der Waals surface area contributed by atoms with Gasteiger partial charge in [-0.15, -0.1) is 0 Å². The second-order valence-corrected chi connectivity index (χ2v) is 8.09. The molecule has 0 atom stereocenters. The number of benzene rings is 2. The van der Waals surface area contributed by atoms with Gasteiger partial charge in [0.25, 0.3) is 17.5 Å². The minimum atomic E-state index is -0.590. The maximum Gasteiger partial charge on any atom is 0.269 e. The number of nitrogens with two attached hydrogens (primary N) is 1. The standard InChI is InChI=1S/C24H29N3O7/c1-32-22-13-17(7-12-21(22)34-15-23(25)28)14-26(18-5-3-2-4-6-18)24(29)16-33-20-10-8-19(9-11-20)27(30)31/h7-13,18H,2-6,14-16H2,1H3,(H2,25,28). The maximum atomic E-state index is 13.2. The highest BCUT2D eigenvalue weighted by Crippen LogP contribution is 2.30. The van der Waals surface area contributed by atoms with Crippen LogP contribution in [0, 0.1) is 10.1 Å². The quantitative estimate of drug-likeness (QED) is 0.393. The Morgan fingerprint density at radius 2 is 1.74 bits per heavy atom. The number of carbonyl (C=O) groups is 2. The van der Waals surface area contributed by atoms with Gasteiger partial charge in [0.1, 0.15) is 5.75 Å². The number of nitro benzene ring substituents is 1. The molecule has 2 amide bonds. The lowest BCUT2D eigenvalue weighted by atomic mass is 9.93. The lowest BCUT2D eigenvalue weighted by molar-refractivity contribution is -0.384. The van der Waals surface area contributed by atoms with Gasteiger partial charge in [0.2, 0.25) is 0 Å². The van der Waals surface area contributed by atoms with Crippen LogP contribution in [0.1, 0.15) is 37.7 Å². The first-order chi connectivity index (χ1) is 16.4. The van der Waals surface area contributed by atoms with Crippen molar-refractivity contribution in [1.82, 2.24) is 4.90 Å². The van der Waals surface area contributed by atoms with Gasteiger partial charge in [-0.25, -0.2) is 0 Å². The van der Waals surface area contributed by atoms with E-state index in [4.69, 9.17) is 19.9 Å². The van der Waals surface area contributed by atoms with E-state index in [0.29, 0.717) is 23.8 Å².